The lowest BCUT2D eigenvalue weighted by Crippen LogP contribution is -2.04. The van der Waals surface area contributed by atoms with Crippen LogP contribution in [0, 0.1) is 6.92 Å². The molecular formula is C18H18N2O. The summed E-state index contributed by atoms with van der Waals surface area (Å²) in [6, 6.07) is 14.4. The molecule has 1 heterocycles. The highest BCUT2D eigenvalue weighted by molar-refractivity contribution is 5.87. The molecule has 0 unspecified atom stereocenters. The van der Waals surface area contributed by atoms with Gasteiger partial charge in [-0.1, -0.05) is 30.3 Å². The summed E-state index contributed by atoms with van der Waals surface area (Å²) in [7, 11) is 0. The molecule has 0 bridgehead atoms. The summed E-state index contributed by atoms with van der Waals surface area (Å²) < 4.78 is 5.96. The van der Waals surface area contributed by atoms with Gasteiger partial charge in [-0.25, -0.2) is 0 Å². The summed E-state index contributed by atoms with van der Waals surface area (Å²) in [5.74, 6) is 0.845. The van der Waals surface area contributed by atoms with Crippen molar-refractivity contribution in [2.45, 2.75) is 20.1 Å². The first kappa shape index (κ1) is 13.6. The first-order valence-electron chi connectivity index (χ1n) is 7.02. The van der Waals surface area contributed by atoms with E-state index in [1.165, 1.54) is 5.39 Å². The normalized spacial score (nSPS) is 10.8. The highest BCUT2D eigenvalue weighted by Crippen LogP contribution is 2.28. The predicted octanol–water partition coefficient (Wildman–Crippen LogP) is 3.58. The van der Waals surface area contributed by atoms with Gasteiger partial charge >= 0.3 is 0 Å². The summed E-state index contributed by atoms with van der Waals surface area (Å²) in [5, 5.41) is 2.34. The SMILES string of the molecule is Cc1cncc(COc2ccc3ccccc3c2CN)c1. The molecule has 2 aromatic carbocycles. The van der Waals surface area contributed by atoms with Crippen LogP contribution in [0.5, 0.6) is 5.75 Å². The van der Waals surface area contributed by atoms with Crippen LogP contribution in [0.15, 0.2) is 54.9 Å². The van der Waals surface area contributed by atoms with Crippen LogP contribution in [0.4, 0.5) is 0 Å². The molecule has 0 spiro atoms. The second-order valence-corrected chi connectivity index (χ2v) is 5.13. The van der Waals surface area contributed by atoms with Gasteiger partial charge in [0.25, 0.3) is 0 Å². The molecule has 3 aromatic rings. The molecule has 0 saturated carbocycles. The largest absolute Gasteiger partial charge is 0.488 e. The molecule has 0 amide bonds. The van der Waals surface area contributed by atoms with Crippen LogP contribution in [-0.4, -0.2) is 4.98 Å². The van der Waals surface area contributed by atoms with Crippen molar-refractivity contribution in [3.63, 3.8) is 0 Å². The van der Waals surface area contributed by atoms with Gasteiger partial charge in [0.2, 0.25) is 0 Å². The third kappa shape index (κ3) is 2.88. The fourth-order valence-corrected chi connectivity index (χ4v) is 2.52. The summed E-state index contributed by atoms with van der Waals surface area (Å²) in [5.41, 5.74) is 9.16. The van der Waals surface area contributed by atoms with Crippen molar-refractivity contribution in [1.29, 1.82) is 0 Å². The number of nitrogens with two attached hydrogens (primary N) is 1. The van der Waals surface area contributed by atoms with Crippen LogP contribution in [0.25, 0.3) is 10.8 Å². The number of ether oxygens (including phenoxy) is 1. The Bertz CT molecular complexity index is 768. The first-order chi connectivity index (χ1) is 10.3. The summed E-state index contributed by atoms with van der Waals surface area (Å²) >= 11 is 0. The van der Waals surface area contributed by atoms with Crippen molar-refractivity contribution in [3.05, 3.63) is 71.5 Å². The molecule has 1 aromatic heterocycles. The molecule has 0 saturated heterocycles. The van der Waals surface area contributed by atoms with Gasteiger partial charge in [0.15, 0.2) is 0 Å². The monoisotopic (exact) mass is 278 g/mol. The Hall–Kier alpha value is -2.39. The van der Waals surface area contributed by atoms with Crippen LogP contribution < -0.4 is 10.5 Å². The molecule has 0 fully saturated rings. The molecule has 3 rings (SSSR count). The zero-order valence-electron chi connectivity index (χ0n) is 12.0. The molecule has 2 N–H and O–H groups in total. The molecule has 3 heteroatoms. The molecular weight excluding hydrogens is 260 g/mol. The zero-order valence-corrected chi connectivity index (χ0v) is 12.0. The van der Waals surface area contributed by atoms with E-state index in [1.807, 2.05) is 37.5 Å². The van der Waals surface area contributed by atoms with E-state index in [0.29, 0.717) is 13.2 Å². The number of pyridine rings is 1. The summed E-state index contributed by atoms with van der Waals surface area (Å²) in [6.07, 6.45) is 3.67. The third-order valence-electron chi connectivity index (χ3n) is 3.53. The standard InChI is InChI=1S/C18H18N2O/c1-13-8-14(11-20-10-13)12-21-18-7-6-15-4-2-3-5-16(15)17(18)9-19/h2-8,10-11H,9,12,19H2,1H3. The van der Waals surface area contributed by atoms with Crippen molar-refractivity contribution in [2.24, 2.45) is 5.73 Å². The third-order valence-corrected chi connectivity index (χ3v) is 3.53. The number of aryl methyl sites for hydroxylation is 1. The average Bonchev–Trinajstić information content (AvgIpc) is 2.52. The van der Waals surface area contributed by atoms with E-state index >= 15 is 0 Å². The van der Waals surface area contributed by atoms with E-state index in [0.717, 1.165) is 27.8 Å². The van der Waals surface area contributed by atoms with Gasteiger partial charge in [-0.05, 0) is 35.4 Å². The maximum absolute atomic E-state index is 5.96. The minimum absolute atomic E-state index is 0.461. The predicted molar refractivity (Wildman–Crippen MR) is 85.1 cm³/mol. The zero-order chi connectivity index (χ0) is 14.7. The molecule has 21 heavy (non-hydrogen) atoms. The van der Waals surface area contributed by atoms with E-state index in [2.05, 4.69) is 29.2 Å². The van der Waals surface area contributed by atoms with Gasteiger partial charge in [0.1, 0.15) is 12.4 Å². The van der Waals surface area contributed by atoms with Crippen molar-refractivity contribution >= 4 is 10.8 Å². The Balaban J connectivity index is 1.90. The first-order valence-corrected chi connectivity index (χ1v) is 7.02. The minimum Gasteiger partial charge on any atom is -0.488 e. The van der Waals surface area contributed by atoms with Crippen molar-refractivity contribution < 1.29 is 4.74 Å². The average molecular weight is 278 g/mol. The lowest BCUT2D eigenvalue weighted by atomic mass is 10.0. The van der Waals surface area contributed by atoms with Crippen LogP contribution in [-0.2, 0) is 13.2 Å². The van der Waals surface area contributed by atoms with Gasteiger partial charge in [-0.2, -0.15) is 0 Å². The fraction of sp³-hybridized carbons (Fsp3) is 0.167. The van der Waals surface area contributed by atoms with Crippen molar-refractivity contribution in [3.8, 4) is 5.75 Å². The minimum atomic E-state index is 0.461. The Labute approximate surface area is 124 Å². The molecule has 0 radical (unpaired) electrons. The topological polar surface area (TPSA) is 48.1 Å². The molecule has 0 aliphatic carbocycles. The quantitative estimate of drug-likeness (QED) is 0.793. The van der Waals surface area contributed by atoms with E-state index in [9.17, 15) is 0 Å². The second-order valence-electron chi connectivity index (χ2n) is 5.13. The van der Waals surface area contributed by atoms with E-state index in [-0.39, 0.29) is 0 Å². The number of fused-ring (bicyclic) bond motifs is 1. The summed E-state index contributed by atoms with van der Waals surface area (Å²) in [4.78, 5) is 4.18. The molecule has 106 valence electrons. The van der Waals surface area contributed by atoms with Crippen molar-refractivity contribution in [1.82, 2.24) is 4.98 Å². The Kier molecular flexibility index (Phi) is 3.84. The van der Waals surface area contributed by atoms with Crippen molar-refractivity contribution in [2.75, 3.05) is 0 Å². The van der Waals surface area contributed by atoms with Crippen LogP contribution in [0.3, 0.4) is 0 Å². The molecule has 3 nitrogen and oxygen atoms in total. The number of aromatic nitrogens is 1. The smallest absolute Gasteiger partial charge is 0.124 e. The number of nitrogens with zero attached hydrogens (tertiary/aromatic N) is 1. The van der Waals surface area contributed by atoms with Crippen LogP contribution in [0.2, 0.25) is 0 Å². The fourth-order valence-electron chi connectivity index (χ4n) is 2.52. The van der Waals surface area contributed by atoms with Gasteiger partial charge < -0.3 is 10.5 Å². The number of hydrogen-bond acceptors (Lipinski definition) is 3. The lowest BCUT2D eigenvalue weighted by Gasteiger charge is -2.13. The van der Waals surface area contributed by atoms with Gasteiger partial charge in [0, 0.05) is 30.1 Å². The Morgan fingerprint density at radius 2 is 1.95 bits per heavy atom. The van der Waals surface area contributed by atoms with E-state index in [1.54, 1.807) is 0 Å². The maximum atomic E-state index is 5.96. The highest BCUT2D eigenvalue weighted by Gasteiger charge is 2.07. The lowest BCUT2D eigenvalue weighted by molar-refractivity contribution is 0.303. The Morgan fingerprint density at radius 3 is 2.76 bits per heavy atom. The molecule has 0 atom stereocenters. The van der Waals surface area contributed by atoms with Gasteiger partial charge in [0.05, 0.1) is 0 Å². The van der Waals surface area contributed by atoms with Gasteiger partial charge in [-0.15, -0.1) is 0 Å². The van der Waals surface area contributed by atoms with E-state index < -0.39 is 0 Å². The molecule has 0 aliphatic rings. The number of benzene rings is 2. The molecule has 0 aliphatic heterocycles. The Morgan fingerprint density at radius 1 is 1.10 bits per heavy atom. The van der Waals surface area contributed by atoms with Crippen LogP contribution >= 0.6 is 0 Å². The highest BCUT2D eigenvalue weighted by atomic mass is 16.5. The number of hydrogen-bond donors (Lipinski definition) is 1. The van der Waals surface area contributed by atoms with Gasteiger partial charge in [-0.3, -0.25) is 4.98 Å². The number of rotatable bonds is 4. The summed E-state index contributed by atoms with van der Waals surface area (Å²) in [6.45, 7) is 2.99. The van der Waals surface area contributed by atoms with E-state index in [4.69, 9.17) is 10.5 Å². The second kappa shape index (κ2) is 5.94. The van der Waals surface area contributed by atoms with Crippen LogP contribution in [0.1, 0.15) is 16.7 Å². The maximum Gasteiger partial charge on any atom is 0.124 e.